The summed E-state index contributed by atoms with van der Waals surface area (Å²) in [6.45, 7) is 11.1. The number of hydrogen-bond acceptors (Lipinski definition) is 3. The van der Waals surface area contributed by atoms with E-state index in [1.165, 1.54) is 61.8 Å². The van der Waals surface area contributed by atoms with E-state index >= 15 is 0 Å². The van der Waals surface area contributed by atoms with Crippen LogP contribution in [0.3, 0.4) is 0 Å². The molecule has 1 saturated heterocycles. The molecule has 1 saturated carbocycles. The molecule has 0 bridgehead atoms. The highest BCUT2D eigenvalue weighted by Gasteiger charge is 2.30. The second kappa shape index (κ2) is 13.3. The van der Waals surface area contributed by atoms with Gasteiger partial charge in [-0.05, 0) is 75.5 Å². The minimum Gasteiger partial charge on any atom is -0.363 e. The normalized spacial score (nSPS) is 20.3. The summed E-state index contributed by atoms with van der Waals surface area (Å²) in [5.74, 6) is 1.49. The van der Waals surface area contributed by atoms with Crippen molar-refractivity contribution >= 4 is 11.6 Å². The van der Waals surface area contributed by atoms with Gasteiger partial charge in [-0.2, -0.15) is 0 Å². The molecule has 1 aromatic carbocycles. The van der Waals surface area contributed by atoms with Crippen LogP contribution in [-0.2, 0) is 11.2 Å². The number of anilines is 1. The fourth-order valence-corrected chi connectivity index (χ4v) is 5.70. The molecule has 2 atom stereocenters. The standard InChI is InChI=1S/C30H49N3O/c1-23(2)18-20-33(28-11-8-19-32(22-28)30(34)29(31)21-24(3)4)27-16-14-26(15-17-27)13-12-25-9-6-5-7-10-25/h14-18,24-25,28-29H,5-13,19-22,31H2,1-4H3/t28-,29?/m0/s1. The topological polar surface area (TPSA) is 49.6 Å². The number of benzene rings is 1. The van der Waals surface area contributed by atoms with E-state index in [4.69, 9.17) is 5.73 Å². The molecule has 4 heteroatoms. The number of hydrogen-bond donors (Lipinski definition) is 1. The number of aryl methyl sites for hydroxylation is 1. The van der Waals surface area contributed by atoms with Gasteiger partial charge in [0.05, 0.1) is 6.04 Å². The van der Waals surface area contributed by atoms with E-state index in [2.05, 4.69) is 62.9 Å². The Kier molecular flexibility index (Phi) is 10.5. The lowest BCUT2D eigenvalue weighted by molar-refractivity contribution is -0.134. The summed E-state index contributed by atoms with van der Waals surface area (Å²) in [5, 5.41) is 0. The van der Waals surface area contributed by atoms with Gasteiger partial charge in [0.1, 0.15) is 0 Å². The summed E-state index contributed by atoms with van der Waals surface area (Å²) in [7, 11) is 0. The molecule has 4 nitrogen and oxygen atoms in total. The molecule has 1 aromatic rings. The van der Waals surface area contributed by atoms with Crippen molar-refractivity contribution in [2.24, 2.45) is 17.6 Å². The van der Waals surface area contributed by atoms with Crippen LogP contribution in [-0.4, -0.2) is 42.5 Å². The zero-order valence-corrected chi connectivity index (χ0v) is 22.3. The molecule has 1 amide bonds. The van der Waals surface area contributed by atoms with Crippen molar-refractivity contribution in [1.29, 1.82) is 0 Å². The van der Waals surface area contributed by atoms with E-state index in [1.54, 1.807) is 0 Å². The van der Waals surface area contributed by atoms with Crippen molar-refractivity contribution < 1.29 is 4.79 Å². The zero-order valence-electron chi connectivity index (χ0n) is 22.3. The number of carbonyl (C=O) groups is 1. The van der Waals surface area contributed by atoms with Crippen molar-refractivity contribution in [3.63, 3.8) is 0 Å². The van der Waals surface area contributed by atoms with Gasteiger partial charge in [-0.3, -0.25) is 4.79 Å². The van der Waals surface area contributed by atoms with Crippen LogP contribution in [0.2, 0.25) is 0 Å². The SMILES string of the molecule is CC(C)=CCN(c1ccc(CCC2CCCCC2)cc1)[C@H]1CCCN(C(=O)C(N)CC(C)C)C1. The molecule has 1 aliphatic carbocycles. The smallest absolute Gasteiger partial charge is 0.239 e. The lowest BCUT2D eigenvalue weighted by Crippen LogP contribution is -2.54. The predicted molar refractivity (Wildman–Crippen MR) is 145 cm³/mol. The Morgan fingerprint density at radius 2 is 1.79 bits per heavy atom. The maximum absolute atomic E-state index is 13.0. The molecule has 1 aliphatic heterocycles. The average Bonchev–Trinajstić information content (AvgIpc) is 2.83. The second-order valence-electron chi connectivity index (χ2n) is 11.5. The molecule has 2 aliphatic rings. The summed E-state index contributed by atoms with van der Waals surface area (Å²) < 4.78 is 0. The van der Waals surface area contributed by atoms with Gasteiger partial charge < -0.3 is 15.5 Å². The Morgan fingerprint density at radius 3 is 2.44 bits per heavy atom. The minimum atomic E-state index is -0.381. The van der Waals surface area contributed by atoms with Gasteiger partial charge in [0.2, 0.25) is 5.91 Å². The first kappa shape index (κ1) is 26.8. The highest BCUT2D eigenvalue weighted by atomic mass is 16.2. The Hall–Kier alpha value is -1.81. The molecule has 0 radical (unpaired) electrons. The molecular formula is C30H49N3O. The third kappa shape index (κ3) is 8.15. The molecule has 1 unspecified atom stereocenters. The van der Waals surface area contributed by atoms with Crippen molar-refractivity contribution in [2.75, 3.05) is 24.5 Å². The number of allylic oxidation sites excluding steroid dienone is 1. The maximum Gasteiger partial charge on any atom is 0.239 e. The van der Waals surface area contributed by atoms with E-state index in [1.807, 2.05) is 4.90 Å². The third-order valence-electron chi connectivity index (χ3n) is 7.72. The third-order valence-corrected chi connectivity index (χ3v) is 7.72. The maximum atomic E-state index is 13.0. The van der Waals surface area contributed by atoms with Crippen LogP contribution in [0.15, 0.2) is 35.9 Å². The van der Waals surface area contributed by atoms with Gasteiger partial charge in [0, 0.05) is 31.4 Å². The molecular weight excluding hydrogens is 418 g/mol. The Bertz CT molecular complexity index is 775. The molecule has 34 heavy (non-hydrogen) atoms. The predicted octanol–water partition coefficient (Wildman–Crippen LogP) is 6.34. The Morgan fingerprint density at radius 1 is 1.09 bits per heavy atom. The van der Waals surface area contributed by atoms with E-state index in [9.17, 15) is 4.79 Å². The van der Waals surface area contributed by atoms with Crippen molar-refractivity contribution in [3.8, 4) is 0 Å². The van der Waals surface area contributed by atoms with Crippen molar-refractivity contribution in [2.45, 2.75) is 104 Å². The molecule has 1 heterocycles. The van der Waals surface area contributed by atoms with Crippen LogP contribution in [0.4, 0.5) is 5.69 Å². The monoisotopic (exact) mass is 467 g/mol. The highest BCUT2D eigenvalue weighted by Crippen LogP contribution is 2.29. The number of rotatable bonds is 10. The van der Waals surface area contributed by atoms with Crippen LogP contribution in [0.5, 0.6) is 0 Å². The molecule has 190 valence electrons. The number of nitrogens with two attached hydrogens (primary N) is 1. The Balaban J connectivity index is 1.66. The second-order valence-corrected chi connectivity index (χ2v) is 11.5. The minimum absolute atomic E-state index is 0.124. The Labute approximate surface area is 209 Å². The molecule has 2 fully saturated rings. The number of carbonyl (C=O) groups excluding carboxylic acids is 1. The van der Waals surface area contributed by atoms with Crippen LogP contribution < -0.4 is 10.6 Å². The number of nitrogens with zero attached hydrogens (tertiary/aromatic N) is 2. The van der Waals surface area contributed by atoms with Crippen molar-refractivity contribution in [1.82, 2.24) is 4.90 Å². The summed E-state index contributed by atoms with van der Waals surface area (Å²) in [4.78, 5) is 17.6. The molecule has 2 N–H and O–H groups in total. The van der Waals surface area contributed by atoms with Gasteiger partial charge in [-0.1, -0.05) is 69.7 Å². The number of likely N-dealkylation sites (tertiary alicyclic amines) is 1. The summed E-state index contributed by atoms with van der Waals surface area (Å²) >= 11 is 0. The lowest BCUT2D eigenvalue weighted by Gasteiger charge is -2.41. The quantitative estimate of drug-likeness (QED) is 0.409. The van der Waals surface area contributed by atoms with E-state index < -0.39 is 0 Å². The number of amides is 1. The van der Waals surface area contributed by atoms with Gasteiger partial charge in [0.25, 0.3) is 0 Å². The van der Waals surface area contributed by atoms with E-state index in [0.717, 1.165) is 44.8 Å². The van der Waals surface area contributed by atoms with Crippen LogP contribution in [0.25, 0.3) is 0 Å². The van der Waals surface area contributed by atoms with E-state index in [0.29, 0.717) is 12.0 Å². The average molecular weight is 468 g/mol. The first-order chi connectivity index (χ1) is 16.3. The summed E-state index contributed by atoms with van der Waals surface area (Å²) in [6, 6.07) is 9.22. The first-order valence-electron chi connectivity index (χ1n) is 13.9. The molecule has 3 rings (SSSR count). The highest BCUT2D eigenvalue weighted by molar-refractivity contribution is 5.81. The summed E-state index contributed by atoms with van der Waals surface area (Å²) in [6.07, 6.45) is 14.9. The van der Waals surface area contributed by atoms with Crippen LogP contribution in [0, 0.1) is 11.8 Å². The van der Waals surface area contributed by atoms with Gasteiger partial charge in [0.15, 0.2) is 0 Å². The van der Waals surface area contributed by atoms with Gasteiger partial charge in [-0.15, -0.1) is 0 Å². The number of piperidine rings is 1. The molecule has 0 spiro atoms. The fraction of sp³-hybridized carbons (Fsp3) is 0.700. The van der Waals surface area contributed by atoms with Gasteiger partial charge >= 0.3 is 0 Å². The molecule has 0 aromatic heterocycles. The first-order valence-corrected chi connectivity index (χ1v) is 13.9. The van der Waals surface area contributed by atoms with Gasteiger partial charge in [-0.25, -0.2) is 0 Å². The largest absolute Gasteiger partial charge is 0.363 e. The van der Waals surface area contributed by atoms with Crippen LogP contribution in [0.1, 0.15) is 91.0 Å². The lowest BCUT2D eigenvalue weighted by atomic mass is 9.85. The van der Waals surface area contributed by atoms with Crippen LogP contribution >= 0.6 is 0 Å². The summed E-state index contributed by atoms with van der Waals surface area (Å²) in [5.41, 5.74) is 10.3. The zero-order chi connectivity index (χ0) is 24.5. The van der Waals surface area contributed by atoms with E-state index in [-0.39, 0.29) is 11.9 Å². The fourth-order valence-electron chi connectivity index (χ4n) is 5.70. The van der Waals surface area contributed by atoms with Crippen molar-refractivity contribution in [3.05, 3.63) is 41.5 Å².